The van der Waals surface area contributed by atoms with Crippen molar-refractivity contribution in [2.24, 2.45) is 0 Å². The third-order valence-corrected chi connectivity index (χ3v) is 2.52. The summed E-state index contributed by atoms with van der Waals surface area (Å²) in [6.07, 6.45) is 6.14. The average Bonchev–Trinajstić information content (AvgIpc) is 2.29. The molecule has 0 fully saturated rings. The zero-order valence-corrected chi connectivity index (χ0v) is 12.5. The minimum Gasteiger partial charge on any atom is -0.379 e. The summed E-state index contributed by atoms with van der Waals surface area (Å²) in [5.41, 5.74) is 1.31. The molecule has 0 spiro atoms. The van der Waals surface area contributed by atoms with Crippen LogP contribution in [0.1, 0.15) is 5.56 Å². The van der Waals surface area contributed by atoms with Crippen LogP contribution in [0.25, 0.3) is 5.70 Å². The number of allylic oxidation sites excluding steroid dienone is 3. The Bertz CT molecular complexity index is 526. The molecule has 1 nitrogen and oxygen atoms in total. The van der Waals surface area contributed by atoms with Crippen LogP contribution in [-0.2, 0) is 32.7 Å². The monoisotopic (exact) mass is 325 g/mol. The van der Waals surface area contributed by atoms with Crippen molar-refractivity contribution in [3.63, 3.8) is 0 Å². The summed E-state index contributed by atoms with van der Waals surface area (Å²) in [5, 5.41) is 0. The minimum atomic E-state index is -1.47. The maximum Gasteiger partial charge on any atom is 0.192 e. The van der Waals surface area contributed by atoms with Crippen LogP contribution in [0.15, 0.2) is 36.6 Å². The first-order valence-electron chi connectivity index (χ1n) is 4.88. The van der Waals surface area contributed by atoms with Crippen molar-refractivity contribution in [2.45, 2.75) is 0 Å². The number of nitrogens with zero attached hydrogens (tertiary/aromatic N) is 1. The Kier molecular flexibility index (Phi) is 4.94. The number of halogens is 3. The predicted octanol–water partition coefficient (Wildman–Crippen LogP) is 3.26. The van der Waals surface area contributed by atoms with Crippen molar-refractivity contribution in [3.8, 4) is 0 Å². The number of likely N-dealkylation sites (N-methyl/N-ethyl adjacent to an activating group) is 1. The Morgan fingerprint density at radius 2 is 1.72 bits per heavy atom. The van der Waals surface area contributed by atoms with Crippen molar-refractivity contribution >= 4 is 5.70 Å². The summed E-state index contributed by atoms with van der Waals surface area (Å²) >= 11 is 0. The molecule has 0 saturated carbocycles. The molecule has 2 rings (SSSR count). The van der Waals surface area contributed by atoms with E-state index in [1.165, 1.54) is 0 Å². The first kappa shape index (κ1) is 15.2. The van der Waals surface area contributed by atoms with Gasteiger partial charge in [-0.05, 0) is 5.70 Å². The van der Waals surface area contributed by atoms with E-state index in [0.29, 0.717) is 11.4 Å². The van der Waals surface area contributed by atoms with E-state index >= 15 is 0 Å². The van der Waals surface area contributed by atoms with Gasteiger partial charge in [0.2, 0.25) is 0 Å². The minimum absolute atomic E-state index is 0. The van der Waals surface area contributed by atoms with Crippen LogP contribution < -0.4 is 0 Å². The molecule has 0 atom stereocenters. The molecule has 1 aliphatic heterocycles. The summed E-state index contributed by atoms with van der Waals surface area (Å²) in [7, 11) is 1.69. The zero-order chi connectivity index (χ0) is 12.6. The van der Waals surface area contributed by atoms with Gasteiger partial charge >= 0.3 is 0 Å². The van der Waals surface area contributed by atoms with Crippen LogP contribution >= 0.6 is 0 Å². The molecule has 1 aromatic rings. The second-order valence-corrected chi connectivity index (χ2v) is 3.63. The molecule has 91 valence electrons. The number of hydrogen-bond donors (Lipinski definition) is 0. The molecule has 1 radical (unpaired) electrons. The third kappa shape index (κ3) is 2.75. The molecule has 18 heavy (non-hydrogen) atoms. The van der Waals surface area contributed by atoms with Gasteiger partial charge in [-0.25, -0.2) is 13.2 Å². The first-order chi connectivity index (χ1) is 8.00. The molecular weight excluding hydrogens is 316 g/mol. The van der Waals surface area contributed by atoms with Gasteiger partial charge in [0.25, 0.3) is 0 Å². The summed E-state index contributed by atoms with van der Waals surface area (Å²) < 4.78 is 39.0. The van der Waals surface area contributed by atoms with E-state index < -0.39 is 17.5 Å². The van der Waals surface area contributed by atoms with Crippen LogP contribution in [0.5, 0.6) is 0 Å². The summed E-state index contributed by atoms with van der Waals surface area (Å²) in [6.45, 7) is 3.75. The Morgan fingerprint density at radius 1 is 1.17 bits per heavy atom. The van der Waals surface area contributed by atoms with Gasteiger partial charge in [-0.1, -0.05) is 30.0 Å². The maximum atomic E-state index is 13.1. The Labute approximate surface area is 129 Å². The standard InChI is InChI=1S/C13H9F3N.Y/c1-8-4-3-5-12(17(8)2)9-6-10(14)13(16)11(15)7-9;/h3-4,6-7H,1H2,2H3;/q-1;. The first-order valence-corrected chi connectivity index (χ1v) is 4.88. The fourth-order valence-electron chi connectivity index (χ4n) is 1.54. The SMILES string of the molecule is C=C1C=C[C-]=C(c2cc(F)c(F)c(F)c2)N1C.[Y]. The van der Waals surface area contributed by atoms with E-state index in [0.717, 1.165) is 12.1 Å². The number of rotatable bonds is 1. The zero-order valence-electron chi connectivity index (χ0n) is 9.67. The molecule has 5 heteroatoms. The third-order valence-electron chi connectivity index (χ3n) is 2.52. The molecule has 0 bridgehead atoms. The van der Waals surface area contributed by atoms with Gasteiger partial charge < -0.3 is 4.90 Å². The number of benzene rings is 1. The van der Waals surface area contributed by atoms with Crippen molar-refractivity contribution < 1.29 is 45.9 Å². The molecule has 0 saturated heterocycles. The van der Waals surface area contributed by atoms with Crippen LogP contribution in [0, 0.1) is 23.5 Å². The van der Waals surface area contributed by atoms with Gasteiger partial charge in [0, 0.05) is 39.8 Å². The van der Waals surface area contributed by atoms with E-state index in [1.54, 1.807) is 24.1 Å². The van der Waals surface area contributed by atoms with Crippen LogP contribution in [0.3, 0.4) is 0 Å². The van der Waals surface area contributed by atoms with Crippen LogP contribution in [0.2, 0.25) is 0 Å². The Morgan fingerprint density at radius 3 is 2.28 bits per heavy atom. The van der Waals surface area contributed by atoms with Crippen molar-refractivity contribution in [2.75, 3.05) is 7.05 Å². The van der Waals surface area contributed by atoms with Gasteiger partial charge in [0.1, 0.15) is 0 Å². The van der Waals surface area contributed by atoms with Crippen molar-refractivity contribution in [1.82, 2.24) is 4.90 Å². The topological polar surface area (TPSA) is 3.24 Å². The molecule has 0 aromatic heterocycles. The molecule has 1 heterocycles. The predicted molar refractivity (Wildman–Crippen MR) is 59.0 cm³/mol. The summed E-state index contributed by atoms with van der Waals surface area (Å²) in [4.78, 5) is 1.62. The molecule has 0 unspecified atom stereocenters. The largest absolute Gasteiger partial charge is 0.379 e. The van der Waals surface area contributed by atoms with E-state index in [4.69, 9.17) is 0 Å². The van der Waals surface area contributed by atoms with E-state index in [2.05, 4.69) is 12.7 Å². The molecule has 0 amide bonds. The Hall–Kier alpha value is -0.866. The Balaban J connectivity index is 0.00000162. The quantitative estimate of drug-likeness (QED) is 0.566. The molecular formula is C13H9F3NY-. The number of hydrogen-bond acceptors (Lipinski definition) is 1. The fraction of sp³-hybridized carbons (Fsp3) is 0.0769. The molecule has 0 aliphatic carbocycles. The second kappa shape index (κ2) is 5.85. The molecule has 0 N–H and O–H groups in total. The van der Waals surface area contributed by atoms with Crippen LogP contribution in [0.4, 0.5) is 13.2 Å². The van der Waals surface area contributed by atoms with Gasteiger partial charge in [-0.15, -0.1) is 6.08 Å². The normalized spacial score (nSPS) is 14.3. The van der Waals surface area contributed by atoms with E-state index in [9.17, 15) is 13.2 Å². The van der Waals surface area contributed by atoms with Gasteiger partial charge in [-0.2, -0.15) is 12.2 Å². The average molecular weight is 325 g/mol. The van der Waals surface area contributed by atoms with Gasteiger partial charge in [0.15, 0.2) is 17.5 Å². The summed E-state index contributed by atoms with van der Waals surface area (Å²) in [6, 6.07) is 1.87. The van der Waals surface area contributed by atoms with Crippen molar-refractivity contribution in [1.29, 1.82) is 0 Å². The van der Waals surface area contributed by atoms with Gasteiger partial charge in [-0.3, -0.25) is 0 Å². The maximum absolute atomic E-state index is 13.1. The van der Waals surface area contributed by atoms with Gasteiger partial charge in [0.05, 0.1) is 0 Å². The van der Waals surface area contributed by atoms with Crippen molar-refractivity contribution in [3.05, 3.63) is 65.7 Å². The smallest absolute Gasteiger partial charge is 0.192 e. The van der Waals surface area contributed by atoms with E-state index in [-0.39, 0.29) is 38.3 Å². The fourth-order valence-corrected chi connectivity index (χ4v) is 1.54. The molecule has 1 aliphatic rings. The second-order valence-electron chi connectivity index (χ2n) is 3.63. The summed E-state index contributed by atoms with van der Waals surface area (Å²) in [5.74, 6) is -3.91. The molecule has 1 aromatic carbocycles. The van der Waals surface area contributed by atoms with Crippen LogP contribution in [-0.4, -0.2) is 11.9 Å². The van der Waals surface area contributed by atoms with E-state index in [1.807, 2.05) is 0 Å².